The summed E-state index contributed by atoms with van der Waals surface area (Å²) in [6.07, 6.45) is 0. The van der Waals surface area contributed by atoms with E-state index in [2.05, 4.69) is 0 Å². The standard InChI is InChI=1S/C8H10N2O3/c9-10(13)8(12)7-3-1-2-6(4-7)5-11/h1-4,11,13H,5,9H2. The van der Waals surface area contributed by atoms with Crippen LogP contribution in [0.2, 0.25) is 0 Å². The monoisotopic (exact) mass is 182 g/mol. The van der Waals surface area contributed by atoms with Crippen LogP contribution in [0.1, 0.15) is 15.9 Å². The molecule has 70 valence electrons. The smallest absolute Gasteiger partial charge is 0.292 e. The number of nitrogens with two attached hydrogens (primary N) is 1. The molecule has 0 saturated carbocycles. The largest absolute Gasteiger partial charge is 0.392 e. The summed E-state index contributed by atoms with van der Waals surface area (Å²) >= 11 is 0. The van der Waals surface area contributed by atoms with Crippen LogP contribution in [-0.4, -0.2) is 21.4 Å². The highest BCUT2D eigenvalue weighted by molar-refractivity contribution is 5.93. The molecule has 0 bridgehead atoms. The second-order valence-corrected chi connectivity index (χ2v) is 2.51. The minimum atomic E-state index is -0.713. The fourth-order valence-corrected chi connectivity index (χ4v) is 0.935. The van der Waals surface area contributed by atoms with Crippen LogP contribution in [0.5, 0.6) is 0 Å². The highest BCUT2D eigenvalue weighted by atomic mass is 16.5. The molecule has 0 fully saturated rings. The molecule has 13 heavy (non-hydrogen) atoms. The number of nitrogens with zero attached hydrogens (tertiary/aromatic N) is 1. The van der Waals surface area contributed by atoms with Gasteiger partial charge in [0.2, 0.25) is 0 Å². The van der Waals surface area contributed by atoms with Crippen molar-refractivity contribution >= 4 is 5.91 Å². The topological polar surface area (TPSA) is 86.8 Å². The fraction of sp³-hybridized carbons (Fsp3) is 0.125. The summed E-state index contributed by atoms with van der Waals surface area (Å²) in [6.45, 7) is -0.156. The van der Waals surface area contributed by atoms with Crippen molar-refractivity contribution in [2.45, 2.75) is 6.61 Å². The molecule has 5 nitrogen and oxygen atoms in total. The van der Waals surface area contributed by atoms with Gasteiger partial charge in [0.25, 0.3) is 5.91 Å². The zero-order valence-corrected chi connectivity index (χ0v) is 6.84. The van der Waals surface area contributed by atoms with Gasteiger partial charge in [-0.15, -0.1) is 5.17 Å². The maximum atomic E-state index is 11.1. The Morgan fingerprint density at radius 1 is 1.54 bits per heavy atom. The lowest BCUT2D eigenvalue weighted by Crippen LogP contribution is -2.33. The number of hydroxylamine groups is 1. The molecule has 0 aliphatic rings. The van der Waals surface area contributed by atoms with Crippen molar-refractivity contribution in [1.29, 1.82) is 0 Å². The number of rotatable bonds is 2. The van der Waals surface area contributed by atoms with Crippen molar-refractivity contribution in [3.8, 4) is 0 Å². The Morgan fingerprint density at radius 2 is 2.23 bits per heavy atom. The minimum Gasteiger partial charge on any atom is -0.392 e. The quantitative estimate of drug-likeness (QED) is 0.257. The van der Waals surface area contributed by atoms with Crippen LogP contribution in [0.15, 0.2) is 24.3 Å². The molecule has 0 unspecified atom stereocenters. The van der Waals surface area contributed by atoms with Crippen LogP contribution < -0.4 is 5.84 Å². The molecule has 0 aliphatic heterocycles. The molecule has 0 spiro atoms. The summed E-state index contributed by atoms with van der Waals surface area (Å²) in [7, 11) is 0. The molecule has 1 amide bonds. The zero-order chi connectivity index (χ0) is 9.84. The molecule has 0 saturated heterocycles. The van der Waals surface area contributed by atoms with Gasteiger partial charge >= 0.3 is 0 Å². The SMILES string of the molecule is NN(O)C(=O)c1cccc(CO)c1. The summed E-state index contributed by atoms with van der Waals surface area (Å²) in [5.74, 6) is 4.12. The lowest BCUT2D eigenvalue weighted by molar-refractivity contribution is -0.0595. The van der Waals surface area contributed by atoms with Crippen LogP contribution in [0.25, 0.3) is 0 Å². The average molecular weight is 182 g/mol. The maximum absolute atomic E-state index is 11.1. The Hall–Kier alpha value is -1.43. The molecule has 1 aromatic carbocycles. The Labute approximate surface area is 74.9 Å². The minimum absolute atomic E-state index is 0.0104. The normalized spacial score (nSPS) is 9.77. The van der Waals surface area contributed by atoms with Crippen molar-refractivity contribution in [1.82, 2.24) is 5.17 Å². The highest BCUT2D eigenvalue weighted by Gasteiger charge is 2.09. The van der Waals surface area contributed by atoms with Gasteiger partial charge in [0.15, 0.2) is 0 Å². The summed E-state index contributed by atoms with van der Waals surface area (Å²) in [6, 6.07) is 6.22. The summed E-state index contributed by atoms with van der Waals surface area (Å²) in [5.41, 5.74) is 0.823. The van der Waals surface area contributed by atoms with Crippen molar-refractivity contribution in [2.24, 2.45) is 5.84 Å². The third-order valence-electron chi connectivity index (χ3n) is 1.56. The summed E-state index contributed by atoms with van der Waals surface area (Å²) in [5, 5.41) is 17.4. The first kappa shape index (κ1) is 9.66. The van der Waals surface area contributed by atoms with E-state index in [1.807, 2.05) is 0 Å². The van der Waals surface area contributed by atoms with E-state index in [-0.39, 0.29) is 17.3 Å². The fourth-order valence-electron chi connectivity index (χ4n) is 0.935. The third-order valence-corrected chi connectivity index (χ3v) is 1.56. The average Bonchev–Trinajstić information content (AvgIpc) is 2.16. The molecule has 5 heteroatoms. The number of amides is 1. The van der Waals surface area contributed by atoms with Gasteiger partial charge in [-0.25, -0.2) is 5.84 Å². The van der Waals surface area contributed by atoms with E-state index in [1.54, 1.807) is 12.1 Å². The molecule has 0 atom stereocenters. The van der Waals surface area contributed by atoms with Crippen LogP contribution in [-0.2, 0) is 6.61 Å². The van der Waals surface area contributed by atoms with Gasteiger partial charge < -0.3 is 5.11 Å². The first-order chi connectivity index (χ1) is 6.15. The zero-order valence-electron chi connectivity index (χ0n) is 6.84. The van der Waals surface area contributed by atoms with E-state index in [4.69, 9.17) is 16.2 Å². The van der Waals surface area contributed by atoms with Crippen LogP contribution >= 0.6 is 0 Å². The van der Waals surface area contributed by atoms with E-state index in [9.17, 15) is 4.79 Å². The van der Waals surface area contributed by atoms with E-state index < -0.39 is 5.91 Å². The highest BCUT2D eigenvalue weighted by Crippen LogP contribution is 2.06. The number of carbonyl (C=O) groups excluding carboxylic acids is 1. The van der Waals surface area contributed by atoms with Crippen LogP contribution in [0, 0.1) is 0 Å². The number of hydrogen-bond donors (Lipinski definition) is 3. The van der Waals surface area contributed by atoms with Gasteiger partial charge in [-0.1, -0.05) is 12.1 Å². The number of hydrogen-bond acceptors (Lipinski definition) is 4. The van der Waals surface area contributed by atoms with E-state index >= 15 is 0 Å². The van der Waals surface area contributed by atoms with E-state index in [1.165, 1.54) is 12.1 Å². The van der Waals surface area contributed by atoms with Gasteiger partial charge in [0, 0.05) is 5.56 Å². The molecule has 1 rings (SSSR count). The first-order valence-corrected chi connectivity index (χ1v) is 3.63. The predicted molar refractivity (Wildman–Crippen MR) is 44.5 cm³/mol. The number of benzene rings is 1. The molecule has 0 aromatic heterocycles. The first-order valence-electron chi connectivity index (χ1n) is 3.63. The van der Waals surface area contributed by atoms with Gasteiger partial charge in [0.1, 0.15) is 0 Å². The van der Waals surface area contributed by atoms with Gasteiger partial charge in [0.05, 0.1) is 6.61 Å². The molecule has 0 radical (unpaired) electrons. The number of carbonyl (C=O) groups is 1. The Bertz CT molecular complexity index is 312. The van der Waals surface area contributed by atoms with Gasteiger partial charge in [-0.05, 0) is 17.7 Å². The van der Waals surface area contributed by atoms with Crippen molar-refractivity contribution in [2.75, 3.05) is 0 Å². The second-order valence-electron chi connectivity index (χ2n) is 2.51. The van der Waals surface area contributed by atoms with E-state index in [0.29, 0.717) is 5.56 Å². The second kappa shape index (κ2) is 3.99. The molecule has 4 N–H and O–H groups in total. The van der Waals surface area contributed by atoms with Crippen molar-refractivity contribution < 1.29 is 15.1 Å². The molecule has 0 aliphatic carbocycles. The molecular weight excluding hydrogens is 172 g/mol. The van der Waals surface area contributed by atoms with Gasteiger partial charge in [-0.3, -0.25) is 10.0 Å². The summed E-state index contributed by atoms with van der Waals surface area (Å²) < 4.78 is 0. The molecule has 0 heterocycles. The Morgan fingerprint density at radius 3 is 2.77 bits per heavy atom. The van der Waals surface area contributed by atoms with Gasteiger partial charge in [-0.2, -0.15) is 0 Å². The number of aliphatic hydroxyl groups excluding tert-OH is 1. The van der Waals surface area contributed by atoms with Crippen molar-refractivity contribution in [3.05, 3.63) is 35.4 Å². The Balaban J connectivity index is 2.95. The Kier molecular flexibility index (Phi) is 2.97. The van der Waals surface area contributed by atoms with Crippen LogP contribution in [0.3, 0.4) is 0 Å². The lowest BCUT2D eigenvalue weighted by atomic mass is 10.1. The van der Waals surface area contributed by atoms with Crippen LogP contribution in [0.4, 0.5) is 0 Å². The van der Waals surface area contributed by atoms with E-state index in [0.717, 1.165) is 0 Å². The molecule has 1 aromatic rings. The third kappa shape index (κ3) is 2.25. The molecular formula is C8H10N2O3. The predicted octanol–water partition coefficient (Wildman–Crippen LogP) is -0.116. The van der Waals surface area contributed by atoms with Crippen molar-refractivity contribution in [3.63, 3.8) is 0 Å². The lowest BCUT2D eigenvalue weighted by Gasteiger charge is -2.07. The number of hydrazine groups is 1. The maximum Gasteiger partial charge on any atom is 0.292 e. The number of aliphatic hydroxyl groups is 1. The summed E-state index contributed by atoms with van der Waals surface area (Å²) in [4.78, 5) is 11.1.